The summed E-state index contributed by atoms with van der Waals surface area (Å²) in [5.74, 6) is 1.72. The zero-order valence-corrected chi connectivity index (χ0v) is 18.0. The molecule has 0 spiro atoms. The van der Waals surface area contributed by atoms with E-state index in [1.165, 1.54) is 5.56 Å². The zero-order chi connectivity index (χ0) is 21.5. The van der Waals surface area contributed by atoms with Gasteiger partial charge in [-0.3, -0.25) is 4.79 Å². The Hall–Kier alpha value is -3.27. The van der Waals surface area contributed by atoms with Crippen LogP contribution < -0.4 is 9.47 Å². The molecule has 0 saturated heterocycles. The van der Waals surface area contributed by atoms with Crippen LogP contribution >= 0.6 is 0 Å². The molecule has 0 unspecified atom stereocenters. The van der Waals surface area contributed by atoms with Gasteiger partial charge in [0.1, 0.15) is 0 Å². The van der Waals surface area contributed by atoms with Crippen molar-refractivity contribution in [3.63, 3.8) is 0 Å². The van der Waals surface area contributed by atoms with E-state index in [9.17, 15) is 4.79 Å². The van der Waals surface area contributed by atoms with Gasteiger partial charge in [0.15, 0.2) is 11.5 Å². The van der Waals surface area contributed by atoms with E-state index in [4.69, 9.17) is 9.47 Å². The van der Waals surface area contributed by atoms with Crippen molar-refractivity contribution in [3.05, 3.63) is 95.6 Å². The first kappa shape index (κ1) is 21.0. The average molecular weight is 416 g/mol. The molecule has 3 aromatic carbocycles. The van der Waals surface area contributed by atoms with Crippen molar-refractivity contribution in [1.82, 2.24) is 4.90 Å². The SMILES string of the molecule is C[C@H](CCc1ccccc1)N(Cc1ccccc1)C(=O)CCc1ccc2c(c1)OCO2. The maximum atomic E-state index is 13.3. The molecule has 4 rings (SSSR count). The lowest BCUT2D eigenvalue weighted by Crippen LogP contribution is -2.38. The van der Waals surface area contributed by atoms with E-state index in [-0.39, 0.29) is 18.7 Å². The Morgan fingerprint density at radius 2 is 1.52 bits per heavy atom. The molecule has 1 atom stereocenters. The molecular formula is C27H29NO3. The number of carbonyl (C=O) groups excluding carboxylic acids is 1. The van der Waals surface area contributed by atoms with E-state index in [1.807, 2.05) is 47.4 Å². The smallest absolute Gasteiger partial charge is 0.231 e. The predicted octanol–water partition coefficient (Wildman–Crippen LogP) is 5.40. The highest BCUT2D eigenvalue weighted by Gasteiger charge is 2.21. The summed E-state index contributed by atoms with van der Waals surface area (Å²) >= 11 is 0. The van der Waals surface area contributed by atoms with E-state index in [1.54, 1.807) is 0 Å². The molecule has 1 aliphatic heterocycles. The minimum absolute atomic E-state index is 0.157. The maximum absolute atomic E-state index is 13.3. The molecule has 0 radical (unpaired) electrons. The van der Waals surface area contributed by atoms with Crippen LogP contribution in [0.25, 0.3) is 0 Å². The van der Waals surface area contributed by atoms with Gasteiger partial charge < -0.3 is 14.4 Å². The summed E-state index contributed by atoms with van der Waals surface area (Å²) in [6.07, 6.45) is 3.06. The Morgan fingerprint density at radius 1 is 0.839 bits per heavy atom. The molecule has 3 aromatic rings. The molecule has 4 heteroatoms. The number of rotatable bonds is 9. The summed E-state index contributed by atoms with van der Waals surface area (Å²) in [6.45, 7) is 3.06. The summed E-state index contributed by atoms with van der Waals surface area (Å²) in [5, 5.41) is 0. The standard InChI is InChI=1S/C27H29NO3/c1-21(12-13-22-8-4-2-5-9-22)28(19-24-10-6-3-7-11-24)27(29)17-15-23-14-16-25-26(18-23)31-20-30-25/h2-11,14,16,18,21H,12-13,15,17,19-20H2,1H3/t21-/m1/s1. The van der Waals surface area contributed by atoms with Crippen molar-refractivity contribution < 1.29 is 14.3 Å². The number of carbonyl (C=O) groups is 1. The Labute approximate surface area is 184 Å². The fraction of sp³-hybridized carbons (Fsp3) is 0.296. The second-order valence-electron chi connectivity index (χ2n) is 8.07. The topological polar surface area (TPSA) is 38.8 Å². The van der Waals surface area contributed by atoms with Gasteiger partial charge in [-0.15, -0.1) is 0 Å². The van der Waals surface area contributed by atoms with Crippen LogP contribution in [0.5, 0.6) is 11.5 Å². The third-order valence-corrected chi connectivity index (χ3v) is 5.81. The molecular weight excluding hydrogens is 386 g/mol. The molecule has 0 bridgehead atoms. The number of aryl methyl sites for hydroxylation is 2. The van der Waals surface area contributed by atoms with E-state index in [0.717, 1.165) is 35.5 Å². The molecule has 0 aromatic heterocycles. The van der Waals surface area contributed by atoms with Crippen LogP contribution in [-0.4, -0.2) is 23.6 Å². The highest BCUT2D eigenvalue weighted by atomic mass is 16.7. The van der Waals surface area contributed by atoms with E-state index < -0.39 is 0 Å². The number of nitrogens with zero attached hydrogens (tertiary/aromatic N) is 1. The van der Waals surface area contributed by atoms with Gasteiger partial charge in [0.25, 0.3) is 0 Å². The normalized spacial score (nSPS) is 13.1. The lowest BCUT2D eigenvalue weighted by Gasteiger charge is -2.30. The van der Waals surface area contributed by atoms with Crippen LogP contribution in [0.4, 0.5) is 0 Å². The number of ether oxygens (including phenoxy) is 2. The highest BCUT2D eigenvalue weighted by Crippen LogP contribution is 2.32. The summed E-state index contributed by atoms with van der Waals surface area (Å²) in [4.78, 5) is 15.3. The highest BCUT2D eigenvalue weighted by molar-refractivity contribution is 5.77. The van der Waals surface area contributed by atoms with Gasteiger partial charge >= 0.3 is 0 Å². The molecule has 1 amide bonds. The van der Waals surface area contributed by atoms with Gasteiger partial charge in [-0.1, -0.05) is 66.7 Å². The van der Waals surface area contributed by atoms with Crippen LogP contribution in [0.2, 0.25) is 0 Å². The summed E-state index contributed by atoms with van der Waals surface area (Å²) < 4.78 is 10.8. The van der Waals surface area contributed by atoms with Crippen molar-refractivity contribution in [1.29, 1.82) is 0 Å². The number of fused-ring (bicyclic) bond motifs is 1. The molecule has 0 aliphatic carbocycles. The average Bonchev–Trinajstić information content (AvgIpc) is 3.29. The zero-order valence-electron chi connectivity index (χ0n) is 18.0. The number of hydrogen-bond donors (Lipinski definition) is 0. The summed E-state index contributed by atoms with van der Waals surface area (Å²) in [6, 6.07) is 26.8. The first-order valence-electron chi connectivity index (χ1n) is 10.9. The van der Waals surface area contributed by atoms with Crippen molar-refractivity contribution >= 4 is 5.91 Å². The van der Waals surface area contributed by atoms with E-state index in [0.29, 0.717) is 19.4 Å². The van der Waals surface area contributed by atoms with E-state index in [2.05, 4.69) is 43.3 Å². The van der Waals surface area contributed by atoms with Gasteiger partial charge in [-0.2, -0.15) is 0 Å². The Morgan fingerprint density at radius 3 is 2.26 bits per heavy atom. The monoisotopic (exact) mass is 415 g/mol. The van der Waals surface area contributed by atoms with E-state index >= 15 is 0 Å². The minimum atomic E-state index is 0.157. The fourth-order valence-corrected chi connectivity index (χ4v) is 3.94. The second-order valence-corrected chi connectivity index (χ2v) is 8.07. The summed E-state index contributed by atoms with van der Waals surface area (Å²) in [5.41, 5.74) is 3.56. The van der Waals surface area contributed by atoms with Crippen molar-refractivity contribution in [2.24, 2.45) is 0 Å². The van der Waals surface area contributed by atoms with Gasteiger partial charge in [0.2, 0.25) is 12.7 Å². The number of hydrogen-bond acceptors (Lipinski definition) is 3. The minimum Gasteiger partial charge on any atom is -0.454 e. The van der Waals surface area contributed by atoms with Crippen LogP contribution in [0, 0.1) is 0 Å². The molecule has 0 fully saturated rings. The molecule has 0 saturated carbocycles. The van der Waals surface area contributed by atoms with Gasteiger partial charge in [0.05, 0.1) is 0 Å². The van der Waals surface area contributed by atoms with Crippen LogP contribution in [0.15, 0.2) is 78.9 Å². The molecule has 4 nitrogen and oxygen atoms in total. The first-order chi connectivity index (χ1) is 15.2. The lowest BCUT2D eigenvalue weighted by atomic mass is 10.0. The van der Waals surface area contributed by atoms with Crippen molar-refractivity contribution in [2.75, 3.05) is 6.79 Å². The van der Waals surface area contributed by atoms with Gasteiger partial charge in [-0.25, -0.2) is 0 Å². The third-order valence-electron chi connectivity index (χ3n) is 5.81. The van der Waals surface area contributed by atoms with Crippen molar-refractivity contribution in [3.8, 4) is 11.5 Å². The molecule has 0 N–H and O–H groups in total. The Balaban J connectivity index is 1.41. The molecule has 1 aliphatic rings. The maximum Gasteiger partial charge on any atom is 0.231 e. The number of benzene rings is 3. The summed E-state index contributed by atoms with van der Waals surface area (Å²) in [7, 11) is 0. The fourth-order valence-electron chi connectivity index (χ4n) is 3.94. The number of amides is 1. The van der Waals surface area contributed by atoms with Gasteiger partial charge in [-0.05, 0) is 55.0 Å². The largest absolute Gasteiger partial charge is 0.454 e. The lowest BCUT2D eigenvalue weighted by molar-refractivity contribution is -0.134. The van der Waals surface area contributed by atoms with Crippen LogP contribution in [0.1, 0.15) is 36.5 Å². The van der Waals surface area contributed by atoms with Crippen molar-refractivity contribution in [2.45, 2.75) is 45.2 Å². The van der Waals surface area contributed by atoms with Gasteiger partial charge in [0, 0.05) is 19.0 Å². The molecule has 31 heavy (non-hydrogen) atoms. The quantitative estimate of drug-likeness (QED) is 0.470. The first-order valence-corrected chi connectivity index (χ1v) is 10.9. The molecule has 160 valence electrons. The Bertz CT molecular complexity index is 988. The third kappa shape index (κ3) is 5.66. The molecule has 1 heterocycles. The predicted molar refractivity (Wildman–Crippen MR) is 122 cm³/mol. The van der Waals surface area contributed by atoms with Crippen LogP contribution in [0.3, 0.4) is 0 Å². The Kier molecular flexibility index (Phi) is 6.88. The van der Waals surface area contributed by atoms with Crippen LogP contribution in [-0.2, 0) is 24.2 Å². The second kappa shape index (κ2) is 10.2.